The minimum atomic E-state index is -3.75. The smallest absolute Gasteiger partial charge is 0.240 e. The van der Waals surface area contributed by atoms with Crippen LogP contribution in [-0.4, -0.2) is 40.1 Å². The number of benzene rings is 1. The first-order valence-corrected chi connectivity index (χ1v) is 17.5. The van der Waals surface area contributed by atoms with Crippen LogP contribution in [0.4, 0.5) is 0 Å². The molecule has 0 unspecified atom stereocenters. The summed E-state index contributed by atoms with van der Waals surface area (Å²) in [6.45, 7) is 17.0. The Morgan fingerprint density at radius 1 is 1.09 bits per heavy atom. The van der Waals surface area contributed by atoms with Crippen LogP contribution in [0.1, 0.15) is 85.1 Å². The van der Waals surface area contributed by atoms with E-state index in [1.54, 1.807) is 12.1 Å². The van der Waals surface area contributed by atoms with Gasteiger partial charge in [0.05, 0.1) is 17.1 Å². The molecule has 0 bridgehead atoms. The highest BCUT2D eigenvalue weighted by atomic mass is 32.2. The summed E-state index contributed by atoms with van der Waals surface area (Å²) in [5, 5.41) is 11.3. The van der Waals surface area contributed by atoms with Gasteiger partial charge in [0.15, 0.2) is 8.32 Å². The number of aryl methyl sites for hydroxylation is 1. The van der Waals surface area contributed by atoms with Crippen molar-refractivity contribution in [3.05, 3.63) is 29.8 Å². The Balaban J connectivity index is 2.44. The van der Waals surface area contributed by atoms with Crippen LogP contribution in [0.25, 0.3) is 0 Å². The number of hydrogen-bond donors (Lipinski definition) is 2. The fourth-order valence-electron chi connectivity index (χ4n) is 4.58. The quantitative estimate of drug-likeness (QED) is 0.337. The first kappa shape index (κ1) is 29.5. The Bertz CT molecular complexity index is 856. The van der Waals surface area contributed by atoms with Crippen LogP contribution in [0.5, 0.6) is 0 Å². The molecule has 1 saturated carbocycles. The van der Waals surface area contributed by atoms with Crippen molar-refractivity contribution in [2.75, 3.05) is 0 Å². The summed E-state index contributed by atoms with van der Waals surface area (Å²) < 4.78 is 36.8. The van der Waals surface area contributed by atoms with Crippen LogP contribution in [0.3, 0.4) is 0 Å². The van der Waals surface area contributed by atoms with Crippen molar-refractivity contribution in [3.63, 3.8) is 0 Å². The lowest BCUT2D eigenvalue weighted by atomic mass is 9.83. The summed E-state index contributed by atoms with van der Waals surface area (Å²) in [7, 11) is -6.02. The Kier molecular flexibility index (Phi) is 10.4. The molecule has 7 heteroatoms. The van der Waals surface area contributed by atoms with E-state index in [0.29, 0.717) is 18.8 Å². The molecule has 5 nitrogen and oxygen atoms in total. The zero-order valence-electron chi connectivity index (χ0n) is 22.7. The molecule has 196 valence electrons. The van der Waals surface area contributed by atoms with Crippen LogP contribution < -0.4 is 4.72 Å². The second kappa shape index (κ2) is 12.0. The Hall–Kier alpha value is -0.733. The topological polar surface area (TPSA) is 75.6 Å². The van der Waals surface area contributed by atoms with Crippen molar-refractivity contribution in [3.8, 4) is 0 Å². The molecule has 2 rings (SSSR count). The SMILES string of the molecule is Cc1ccc(S(=O)(=O)N[C@@H](CC2CCCCC2)[C@@H](O[Si](C)(C)C(C)(C)C)[C@@H](O)CC(C)C)cc1. The molecule has 1 fully saturated rings. The zero-order valence-corrected chi connectivity index (χ0v) is 24.5. The van der Waals surface area contributed by atoms with E-state index in [2.05, 4.69) is 52.4 Å². The van der Waals surface area contributed by atoms with Gasteiger partial charge in [-0.2, -0.15) is 0 Å². The number of sulfonamides is 1. The molecule has 1 aromatic rings. The van der Waals surface area contributed by atoms with Crippen LogP contribution in [0.2, 0.25) is 18.1 Å². The number of aliphatic hydroxyl groups is 1. The summed E-state index contributed by atoms with van der Waals surface area (Å²) in [5.74, 6) is 0.723. The summed E-state index contributed by atoms with van der Waals surface area (Å²) >= 11 is 0. The molecule has 3 atom stereocenters. The lowest BCUT2D eigenvalue weighted by molar-refractivity contribution is -0.00731. The highest BCUT2D eigenvalue weighted by Gasteiger charge is 2.44. The molecule has 0 saturated heterocycles. The number of nitrogens with one attached hydrogen (secondary N) is 1. The highest BCUT2D eigenvalue weighted by Crippen LogP contribution is 2.39. The van der Waals surface area contributed by atoms with Crippen LogP contribution >= 0.6 is 0 Å². The highest BCUT2D eigenvalue weighted by molar-refractivity contribution is 7.89. The number of rotatable bonds is 11. The van der Waals surface area contributed by atoms with Crippen LogP contribution in [-0.2, 0) is 14.4 Å². The molecule has 1 aliphatic carbocycles. The lowest BCUT2D eigenvalue weighted by Gasteiger charge is -2.44. The molecule has 1 aliphatic rings. The van der Waals surface area contributed by atoms with Gasteiger partial charge in [0, 0.05) is 6.04 Å². The van der Waals surface area contributed by atoms with E-state index < -0.39 is 36.6 Å². The average molecular weight is 512 g/mol. The molecular weight excluding hydrogens is 462 g/mol. The predicted octanol–water partition coefficient (Wildman–Crippen LogP) is 6.41. The fourth-order valence-corrected chi connectivity index (χ4v) is 7.19. The van der Waals surface area contributed by atoms with E-state index in [4.69, 9.17) is 4.43 Å². The largest absolute Gasteiger partial charge is 0.410 e. The van der Waals surface area contributed by atoms with Gasteiger partial charge in [0.1, 0.15) is 0 Å². The van der Waals surface area contributed by atoms with Crippen LogP contribution in [0, 0.1) is 18.8 Å². The number of hydrogen-bond acceptors (Lipinski definition) is 4. The van der Waals surface area contributed by atoms with E-state index in [1.807, 2.05) is 19.1 Å². The Morgan fingerprint density at radius 3 is 2.15 bits per heavy atom. The standard InChI is InChI=1S/C27H49NO4SSi/c1-20(2)18-25(29)26(32-34(7,8)27(4,5)6)24(19-22-12-10-9-11-13-22)28-33(30,31)23-16-14-21(3)15-17-23/h14-17,20,22,24-26,28-29H,9-13,18-19H2,1-8H3/t24-,25-,26+/m0/s1. The van der Waals surface area contributed by atoms with Gasteiger partial charge in [-0.25, -0.2) is 13.1 Å². The average Bonchev–Trinajstić information content (AvgIpc) is 2.71. The lowest BCUT2D eigenvalue weighted by Crippen LogP contribution is -2.56. The van der Waals surface area contributed by atoms with E-state index in [0.717, 1.165) is 18.4 Å². The third-order valence-electron chi connectivity index (χ3n) is 7.68. The molecule has 0 spiro atoms. The first-order chi connectivity index (χ1) is 15.6. The third-order valence-corrected chi connectivity index (χ3v) is 13.7. The van der Waals surface area contributed by atoms with E-state index in [1.165, 1.54) is 19.3 Å². The van der Waals surface area contributed by atoms with Gasteiger partial charge in [0.25, 0.3) is 0 Å². The van der Waals surface area contributed by atoms with Gasteiger partial charge < -0.3 is 9.53 Å². The van der Waals surface area contributed by atoms with E-state index in [-0.39, 0.29) is 15.9 Å². The molecule has 0 radical (unpaired) electrons. The molecule has 0 aromatic heterocycles. The Labute approximate surface area is 210 Å². The second-order valence-electron chi connectivity index (χ2n) is 12.3. The molecule has 1 aromatic carbocycles. The molecule has 34 heavy (non-hydrogen) atoms. The monoisotopic (exact) mass is 511 g/mol. The summed E-state index contributed by atoms with van der Waals surface area (Å²) in [6, 6.07) is 6.48. The first-order valence-electron chi connectivity index (χ1n) is 13.1. The number of aliphatic hydroxyl groups excluding tert-OH is 1. The Morgan fingerprint density at radius 2 is 1.65 bits per heavy atom. The second-order valence-corrected chi connectivity index (χ2v) is 18.8. The summed E-state index contributed by atoms with van der Waals surface area (Å²) in [6.07, 6.45) is 5.79. The van der Waals surface area contributed by atoms with Crippen molar-refractivity contribution in [1.82, 2.24) is 4.72 Å². The van der Waals surface area contributed by atoms with Crippen LogP contribution in [0.15, 0.2) is 29.2 Å². The maximum Gasteiger partial charge on any atom is 0.240 e. The summed E-state index contributed by atoms with van der Waals surface area (Å²) in [4.78, 5) is 0.260. The van der Waals surface area contributed by atoms with E-state index in [9.17, 15) is 13.5 Å². The van der Waals surface area contributed by atoms with Crippen molar-refractivity contribution in [2.24, 2.45) is 11.8 Å². The molecule has 2 N–H and O–H groups in total. The van der Waals surface area contributed by atoms with Gasteiger partial charge >= 0.3 is 0 Å². The molecular formula is C27H49NO4SSi. The normalized spacial score (nSPS) is 19.2. The third kappa shape index (κ3) is 8.44. The molecule has 0 aliphatic heterocycles. The summed E-state index contributed by atoms with van der Waals surface area (Å²) in [5.41, 5.74) is 1.02. The van der Waals surface area contributed by atoms with E-state index >= 15 is 0 Å². The van der Waals surface area contributed by atoms with Gasteiger partial charge in [-0.05, 0) is 61.9 Å². The van der Waals surface area contributed by atoms with Gasteiger partial charge in [0.2, 0.25) is 10.0 Å². The minimum absolute atomic E-state index is 0.0476. The fraction of sp³-hybridized carbons (Fsp3) is 0.778. The van der Waals surface area contributed by atoms with Crippen molar-refractivity contribution in [1.29, 1.82) is 0 Å². The predicted molar refractivity (Wildman–Crippen MR) is 144 cm³/mol. The zero-order chi connectivity index (χ0) is 25.7. The molecule has 0 heterocycles. The van der Waals surface area contributed by atoms with Crippen molar-refractivity contribution < 1.29 is 18.0 Å². The maximum atomic E-state index is 13.5. The van der Waals surface area contributed by atoms with Crippen molar-refractivity contribution >= 4 is 18.3 Å². The van der Waals surface area contributed by atoms with Gasteiger partial charge in [-0.3, -0.25) is 0 Å². The minimum Gasteiger partial charge on any atom is -0.410 e. The van der Waals surface area contributed by atoms with Gasteiger partial charge in [-0.15, -0.1) is 0 Å². The van der Waals surface area contributed by atoms with Gasteiger partial charge in [-0.1, -0.05) is 84.4 Å². The maximum absolute atomic E-state index is 13.5. The van der Waals surface area contributed by atoms with Crippen molar-refractivity contribution in [2.45, 2.75) is 128 Å². The molecule has 0 amide bonds.